The fourth-order valence-corrected chi connectivity index (χ4v) is 5.67. The monoisotopic (exact) mass is 452 g/mol. The van der Waals surface area contributed by atoms with Crippen molar-refractivity contribution in [2.45, 2.75) is 19.4 Å². The van der Waals surface area contributed by atoms with Crippen molar-refractivity contribution >= 4 is 45.2 Å². The minimum atomic E-state index is 0.0959. The Kier molecular flexibility index (Phi) is 4.82. The van der Waals surface area contributed by atoms with E-state index in [0.29, 0.717) is 5.95 Å². The number of hydrogen-bond donors (Lipinski definition) is 0. The van der Waals surface area contributed by atoms with Crippen LogP contribution in [0.3, 0.4) is 0 Å². The van der Waals surface area contributed by atoms with E-state index in [2.05, 4.69) is 84.4 Å². The van der Waals surface area contributed by atoms with Crippen molar-refractivity contribution in [1.29, 1.82) is 0 Å². The summed E-state index contributed by atoms with van der Waals surface area (Å²) in [6.45, 7) is 2.10. The lowest BCUT2D eigenvalue weighted by Crippen LogP contribution is -2.20. The molecule has 0 N–H and O–H groups in total. The standard InChI is InChI=1S/C26H20N4S2/c1-17-11-12-20-19(15-17)25(18-7-3-2-4-8-18)28-26(27-20)30-22(24-10-6-14-32-24)16-21(29-30)23-9-5-13-31-23/h2-15,22H,16H2,1H3/t22-/m0/s1. The van der Waals surface area contributed by atoms with Gasteiger partial charge in [0.15, 0.2) is 0 Å². The summed E-state index contributed by atoms with van der Waals surface area (Å²) < 4.78 is 0. The number of rotatable bonds is 4. The van der Waals surface area contributed by atoms with E-state index in [4.69, 9.17) is 15.1 Å². The highest BCUT2D eigenvalue weighted by Crippen LogP contribution is 2.39. The molecule has 0 aliphatic carbocycles. The van der Waals surface area contributed by atoms with Gasteiger partial charge in [0.05, 0.1) is 27.8 Å². The van der Waals surface area contributed by atoms with Crippen molar-refractivity contribution in [2.75, 3.05) is 5.01 Å². The molecule has 0 fully saturated rings. The van der Waals surface area contributed by atoms with Crippen LogP contribution in [0.4, 0.5) is 5.95 Å². The summed E-state index contributed by atoms with van der Waals surface area (Å²) in [4.78, 5) is 12.5. The molecule has 0 unspecified atom stereocenters. The third-order valence-electron chi connectivity index (χ3n) is 5.68. The van der Waals surface area contributed by atoms with Crippen LogP contribution in [-0.4, -0.2) is 15.7 Å². The van der Waals surface area contributed by atoms with Crippen LogP contribution in [0.1, 0.15) is 27.8 Å². The lowest BCUT2D eigenvalue weighted by molar-refractivity contribution is 0.700. The number of aryl methyl sites for hydroxylation is 1. The zero-order valence-corrected chi connectivity index (χ0v) is 19.1. The molecule has 2 aromatic carbocycles. The Balaban J connectivity index is 1.55. The van der Waals surface area contributed by atoms with Gasteiger partial charge >= 0.3 is 0 Å². The molecule has 5 aromatic rings. The predicted molar refractivity (Wildman–Crippen MR) is 135 cm³/mol. The third-order valence-corrected chi connectivity index (χ3v) is 7.57. The van der Waals surface area contributed by atoms with E-state index >= 15 is 0 Å². The third kappa shape index (κ3) is 3.42. The number of fused-ring (bicyclic) bond motifs is 1. The molecular weight excluding hydrogens is 432 g/mol. The maximum Gasteiger partial charge on any atom is 0.247 e. The number of aromatic nitrogens is 2. The molecular formula is C26H20N4S2. The Hall–Kier alpha value is -3.35. The van der Waals surface area contributed by atoms with Crippen molar-refractivity contribution < 1.29 is 0 Å². The van der Waals surface area contributed by atoms with Gasteiger partial charge in [-0.2, -0.15) is 5.10 Å². The van der Waals surface area contributed by atoms with E-state index in [9.17, 15) is 0 Å². The van der Waals surface area contributed by atoms with Crippen molar-refractivity contribution in [1.82, 2.24) is 9.97 Å². The van der Waals surface area contributed by atoms with E-state index in [-0.39, 0.29) is 6.04 Å². The fourth-order valence-electron chi connectivity index (χ4n) is 4.14. The van der Waals surface area contributed by atoms with Crippen molar-refractivity contribution in [3.05, 3.63) is 98.9 Å². The first kappa shape index (κ1) is 19.3. The number of nitrogens with zero attached hydrogens (tertiary/aromatic N) is 4. The first-order valence-electron chi connectivity index (χ1n) is 10.5. The van der Waals surface area contributed by atoms with Crippen LogP contribution in [-0.2, 0) is 0 Å². The summed E-state index contributed by atoms with van der Waals surface area (Å²) in [7, 11) is 0. The van der Waals surface area contributed by atoms with E-state index in [1.807, 2.05) is 11.1 Å². The predicted octanol–water partition coefficient (Wildman–Crippen LogP) is 7.08. The normalized spacial score (nSPS) is 16.0. The summed E-state index contributed by atoms with van der Waals surface area (Å²) >= 11 is 3.48. The second-order valence-electron chi connectivity index (χ2n) is 7.86. The Morgan fingerprint density at radius 1 is 0.875 bits per heavy atom. The highest BCUT2D eigenvalue weighted by atomic mass is 32.1. The summed E-state index contributed by atoms with van der Waals surface area (Å²) in [6, 6.07) is 25.3. The molecule has 1 atom stereocenters. The maximum absolute atomic E-state index is 5.09. The maximum atomic E-state index is 5.09. The fraction of sp³-hybridized carbons (Fsp3) is 0.115. The average molecular weight is 453 g/mol. The molecule has 6 heteroatoms. The van der Waals surface area contributed by atoms with Crippen LogP contribution < -0.4 is 5.01 Å². The smallest absolute Gasteiger partial charge is 0.223 e. The molecule has 0 bridgehead atoms. The quantitative estimate of drug-likeness (QED) is 0.292. The molecule has 4 heterocycles. The van der Waals surface area contributed by atoms with Crippen LogP contribution in [0.2, 0.25) is 0 Å². The molecule has 156 valence electrons. The number of benzene rings is 2. The van der Waals surface area contributed by atoms with Gasteiger partial charge in [-0.3, -0.25) is 0 Å². The van der Waals surface area contributed by atoms with Gasteiger partial charge in [0, 0.05) is 22.2 Å². The van der Waals surface area contributed by atoms with Crippen LogP contribution in [0, 0.1) is 6.92 Å². The second kappa shape index (κ2) is 7.97. The van der Waals surface area contributed by atoms with Gasteiger partial charge in [0.1, 0.15) is 0 Å². The van der Waals surface area contributed by atoms with Crippen LogP contribution in [0.25, 0.3) is 22.2 Å². The number of thiophene rings is 2. The van der Waals surface area contributed by atoms with E-state index in [1.165, 1.54) is 15.3 Å². The lowest BCUT2D eigenvalue weighted by atomic mass is 10.0. The molecule has 0 amide bonds. The Labute approximate surface area is 194 Å². The van der Waals surface area contributed by atoms with Gasteiger partial charge in [-0.1, -0.05) is 54.1 Å². The summed E-state index contributed by atoms with van der Waals surface area (Å²) in [6.07, 6.45) is 0.844. The minimum absolute atomic E-state index is 0.0959. The molecule has 6 rings (SSSR count). The molecule has 4 nitrogen and oxygen atoms in total. The SMILES string of the molecule is Cc1ccc2nc(N3N=C(c4cccs4)C[C@H]3c3cccs3)nc(-c3ccccc3)c2c1. The van der Waals surface area contributed by atoms with Gasteiger partial charge in [-0.05, 0) is 41.9 Å². The van der Waals surface area contributed by atoms with Crippen LogP contribution >= 0.6 is 22.7 Å². The van der Waals surface area contributed by atoms with Crippen LogP contribution in [0.5, 0.6) is 0 Å². The molecule has 0 saturated carbocycles. The van der Waals surface area contributed by atoms with Crippen molar-refractivity contribution in [3.8, 4) is 11.3 Å². The number of hydrogen-bond acceptors (Lipinski definition) is 6. The Morgan fingerprint density at radius 3 is 2.50 bits per heavy atom. The Morgan fingerprint density at radius 2 is 1.72 bits per heavy atom. The summed E-state index contributed by atoms with van der Waals surface area (Å²) in [5, 5.41) is 12.3. The highest BCUT2D eigenvalue weighted by Gasteiger charge is 2.33. The summed E-state index contributed by atoms with van der Waals surface area (Å²) in [5.41, 5.74) is 5.25. The zero-order chi connectivity index (χ0) is 21.5. The average Bonchev–Trinajstić information content (AvgIpc) is 3.60. The number of anilines is 1. The molecule has 0 saturated heterocycles. The molecule has 0 radical (unpaired) electrons. The largest absolute Gasteiger partial charge is 0.247 e. The zero-order valence-electron chi connectivity index (χ0n) is 17.5. The minimum Gasteiger partial charge on any atom is -0.223 e. The van der Waals surface area contributed by atoms with E-state index < -0.39 is 0 Å². The van der Waals surface area contributed by atoms with E-state index in [1.54, 1.807) is 22.7 Å². The van der Waals surface area contributed by atoms with Crippen molar-refractivity contribution in [3.63, 3.8) is 0 Å². The van der Waals surface area contributed by atoms with Gasteiger partial charge in [-0.15, -0.1) is 22.7 Å². The van der Waals surface area contributed by atoms with Gasteiger partial charge in [0.25, 0.3) is 0 Å². The van der Waals surface area contributed by atoms with Gasteiger partial charge < -0.3 is 0 Å². The van der Waals surface area contributed by atoms with Gasteiger partial charge in [-0.25, -0.2) is 15.0 Å². The van der Waals surface area contributed by atoms with E-state index in [0.717, 1.165) is 34.3 Å². The Bertz CT molecular complexity index is 1410. The topological polar surface area (TPSA) is 41.4 Å². The molecule has 1 aliphatic rings. The summed E-state index contributed by atoms with van der Waals surface area (Å²) in [5.74, 6) is 0.644. The second-order valence-corrected chi connectivity index (χ2v) is 9.79. The highest BCUT2D eigenvalue weighted by molar-refractivity contribution is 7.12. The molecule has 3 aromatic heterocycles. The first-order chi connectivity index (χ1) is 15.8. The first-order valence-corrected chi connectivity index (χ1v) is 12.3. The lowest BCUT2D eigenvalue weighted by Gasteiger charge is -2.22. The number of hydrazone groups is 1. The molecule has 0 spiro atoms. The van der Waals surface area contributed by atoms with Crippen molar-refractivity contribution in [2.24, 2.45) is 5.10 Å². The molecule has 1 aliphatic heterocycles. The van der Waals surface area contributed by atoms with Gasteiger partial charge in [0.2, 0.25) is 5.95 Å². The molecule has 32 heavy (non-hydrogen) atoms. The van der Waals surface area contributed by atoms with Crippen LogP contribution in [0.15, 0.2) is 88.7 Å².